The Hall–Kier alpha value is -3.02. The molecule has 1 aromatic carbocycles. The summed E-state index contributed by atoms with van der Waals surface area (Å²) in [5.74, 6) is 0.355. The molecule has 0 aliphatic heterocycles. The van der Waals surface area contributed by atoms with Gasteiger partial charge >= 0.3 is 0 Å². The standard InChI is InChI=1S/C16H15N3O3/c1-4-7-14-17-15(16(11(3)20)18(14)5-2)12-8-6-9-13(10-12)19(21)22/h4-10H,2H2,1,3H3/b7-4-. The molecule has 2 rings (SSSR count). The molecule has 6 nitrogen and oxygen atoms in total. The number of non-ortho nitro benzene ring substituents is 1. The van der Waals surface area contributed by atoms with Crippen LogP contribution in [0, 0.1) is 10.1 Å². The molecule has 2 aromatic rings. The second-order valence-electron chi connectivity index (χ2n) is 4.58. The van der Waals surface area contributed by atoms with Crippen molar-refractivity contribution in [1.82, 2.24) is 9.55 Å². The summed E-state index contributed by atoms with van der Waals surface area (Å²) >= 11 is 0. The first-order chi connectivity index (χ1) is 10.5. The molecule has 22 heavy (non-hydrogen) atoms. The summed E-state index contributed by atoms with van der Waals surface area (Å²) in [4.78, 5) is 26.9. The van der Waals surface area contributed by atoms with Crippen LogP contribution >= 0.6 is 0 Å². The smallest absolute Gasteiger partial charge is 0.270 e. The molecule has 1 heterocycles. The predicted molar refractivity (Wildman–Crippen MR) is 85.4 cm³/mol. The normalized spacial score (nSPS) is 10.8. The highest BCUT2D eigenvalue weighted by atomic mass is 16.6. The van der Waals surface area contributed by atoms with Gasteiger partial charge in [0.1, 0.15) is 17.2 Å². The average Bonchev–Trinajstić information content (AvgIpc) is 2.86. The molecule has 6 heteroatoms. The van der Waals surface area contributed by atoms with Crippen LogP contribution in [0.3, 0.4) is 0 Å². The summed E-state index contributed by atoms with van der Waals surface area (Å²) in [6.07, 6.45) is 5.04. The maximum Gasteiger partial charge on any atom is 0.270 e. The first-order valence-electron chi connectivity index (χ1n) is 6.62. The fraction of sp³-hybridized carbons (Fsp3) is 0.125. The molecular weight excluding hydrogens is 282 g/mol. The number of carbonyl (C=O) groups excluding carboxylic acids is 1. The first-order valence-corrected chi connectivity index (χ1v) is 6.62. The van der Waals surface area contributed by atoms with Crippen molar-refractivity contribution in [3.8, 4) is 11.3 Å². The molecule has 0 amide bonds. The summed E-state index contributed by atoms with van der Waals surface area (Å²) in [6, 6.07) is 6.06. The van der Waals surface area contributed by atoms with Gasteiger partial charge in [0.05, 0.1) is 4.92 Å². The molecule has 1 aromatic heterocycles. The van der Waals surface area contributed by atoms with Crippen molar-refractivity contribution >= 4 is 23.7 Å². The maximum absolute atomic E-state index is 12.0. The minimum atomic E-state index is -0.478. The Morgan fingerprint density at radius 3 is 2.73 bits per heavy atom. The molecule has 0 aliphatic carbocycles. The lowest BCUT2D eigenvalue weighted by Crippen LogP contribution is -2.03. The molecule has 0 unspecified atom stereocenters. The molecule has 0 atom stereocenters. The zero-order chi connectivity index (χ0) is 16.3. The van der Waals surface area contributed by atoms with Crippen molar-refractivity contribution in [2.24, 2.45) is 0 Å². The monoisotopic (exact) mass is 297 g/mol. The van der Waals surface area contributed by atoms with E-state index in [0.717, 1.165) is 0 Å². The largest absolute Gasteiger partial charge is 0.297 e. The molecule has 0 radical (unpaired) electrons. The topological polar surface area (TPSA) is 78.0 Å². The second-order valence-corrected chi connectivity index (χ2v) is 4.58. The lowest BCUT2D eigenvalue weighted by molar-refractivity contribution is -0.384. The van der Waals surface area contributed by atoms with Gasteiger partial charge in [0.15, 0.2) is 5.78 Å². The number of hydrogen-bond donors (Lipinski definition) is 0. The molecule has 0 saturated carbocycles. The molecule has 0 fully saturated rings. The fourth-order valence-electron chi connectivity index (χ4n) is 2.21. The molecule has 0 saturated heterocycles. The summed E-state index contributed by atoms with van der Waals surface area (Å²) < 4.78 is 1.58. The lowest BCUT2D eigenvalue weighted by atomic mass is 10.1. The van der Waals surface area contributed by atoms with E-state index in [4.69, 9.17) is 0 Å². The average molecular weight is 297 g/mol. The van der Waals surface area contributed by atoms with Crippen LogP contribution in [-0.2, 0) is 0 Å². The van der Waals surface area contributed by atoms with Crippen LogP contribution in [0.25, 0.3) is 23.5 Å². The second kappa shape index (κ2) is 6.17. The number of benzene rings is 1. The molecular formula is C16H15N3O3. The number of rotatable bonds is 5. The molecule has 0 spiro atoms. The van der Waals surface area contributed by atoms with Crippen molar-refractivity contribution in [2.45, 2.75) is 13.8 Å². The highest BCUT2D eigenvalue weighted by Crippen LogP contribution is 2.28. The van der Waals surface area contributed by atoms with Gasteiger partial charge in [0, 0.05) is 30.8 Å². The van der Waals surface area contributed by atoms with Gasteiger partial charge in [-0.15, -0.1) is 0 Å². The van der Waals surface area contributed by atoms with Gasteiger partial charge in [-0.05, 0) is 13.0 Å². The molecule has 0 aliphatic rings. The van der Waals surface area contributed by atoms with Gasteiger partial charge < -0.3 is 0 Å². The van der Waals surface area contributed by atoms with Crippen molar-refractivity contribution in [3.63, 3.8) is 0 Å². The Kier molecular flexibility index (Phi) is 4.31. The van der Waals surface area contributed by atoms with E-state index in [1.807, 2.05) is 6.92 Å². The van der Waals surface area contributed by atoms with E-state index < -0.39 is 4.92 Å². The van der Waals surface area contributed by atoms with Crippen LogP contribution in [0.5, 0.6) is 0 Å². The first kappa shape index (κ1) is 15.4. The van der Waals surface area contributed by atoms with E-state index >= 15 is 0 Å². The number of carbonyl (C=O) groups is 1. The Morgan fingerprint density at radius 2 is 2.18 bits per heavy atom. The quantitative estimate of drug-likeness (QED) is 0.478. The summed E-state index contributed by atoms with van der Waals surface area (Å²) in [5.41, 5.74) is 1.23. The summed E-state index contributed by atoms with van der Waals surface area (Å²) in [5, 5.41) is 10.9. The van der Waals surface area contributed by atoms with E-state index in [9.17, 15) is 14.9 Å². The predicted octanol–water partition coefficient (Wildman–Crippen LogP) is 3.79. The third-order valence-electron chi connectivity index (χ3n) is 3.10. The highest BCUT2D eigenvalue weighted by Gasteiger charge is 2.20. The number of hydrogen-bond acceptors (Lipinski definition) is 4. The van der Waals surface area contributed by atoms with Crippen LogP contribution in [0.2, 0.25) is 0 Å². The number of allylic oxidation sites excluding steroid dienone is 1. The van der Waals surface area contributed by atoms with E-state index in [1.54, 1.807) is 28.9 Å². The van der Waals surface area contributed by atoms with Gasteiger partial charge in [0.25, 0.3) is 5.69 Å². The van der Waals surface area contributed by atoms with E-state index in [1.165, 1.54) is 25.3 Å². The SMILES string of the molecule is C=Cn1c(/C=C\C)nc(-c2cccc([N+](=O)[O-])c2)c1C(C)=O. The van der Waals surface area contributed by atoms with E-state index in [2.05, 4.69) is 11.6 Å². The molecule has 0 bridgehead atoms. The number of nitro groups is 1. The van der Waals surface area contributed by atoms with Crippen LogP contribution in [0.1, 0.15) is 30.2 Å². The van der Waals surface area contributed by atoms with Crippen LogP contribution < -0.4 is 0 Å². The third-order valence-corrected chi connectivity index (χ3v) is 3.10. The lowest BCUT2D eigenvalue weighted by Gasteiger charge is -2.03. The van der Waals surface area contributed by atoms with E-state index in [-0.39, 0.29) is 11.5 Å². The zero-order valence-electron chi connectivity index (χ0n) is 12.3. The van der Waals surface area contributed by atoms with Crippen molar-refractivity contribution in [3.05, 3.63) is 58.6 Å². The van der Waals surface area contributed by atoms with Gasteiger partial charge in [-0.1, -0.05) is 24.8 Å². The summed E-state index contributed by atoms with van der Waals surface area (Å²) in [6.45, 7) is 6.96. The van der Waals surface area contributed by atoms with Crippen molar-refractivity contribution in [1.29, 1.82) is 0 Å². The minimum absolute atomic E-state index is 0.0484. The van der Waals surface area contributed by atoms with Gasteiger partial charge in [-0.25, -0.2) is 4.98 Å². The van der Waals surface area contributed by atoms with Gasteiger partial charge in [-0.3, -0.25) is 19.5 Å². The van der Waals surface area contributed by atoms with Gasteiger partial charge in [0.2, 0.25) is 0 Å². The number of imidazole rings is 1. The zero-order valence-corrected chi connectivity index (χ0v) is 12.3. The number of Topliss-reactive ketones (excluding diaryl/α,β-unsaturated/α-hetero) is 1. The summed E-state index contributed by atoms with van der Waals surface area (Å²) in [7, 11) is 0. The Balaban J connectivity index is 2.74. The molecule has 0 N–H and O–H groups in total. The van der Waals surface area contributed by atoms with E-state index in [0.29, 0.717) is 22.8 Å². The van der Waals surface area contributed by atoms with Gasteiger partial charge in [-0.2, -0.15) is 0 Å². The number of ketones is 1. The van der Waals surface area contributed by atoms with Crippen LogP contribution in [-0.4, -0.2) is 20.3 Å². The number of aromatic nitrogens is 2. The number of nitro benzene ring substituents is 1. The Labute approximate surface area is 127 Å². The molecule has 112 valence electrons. The van der Waals surface area contributed by atoms with Crippen molar-refractivity contribution < 1.29 is 9.72 Å². The Morgan fingerprint density at radius 1 is 1.45 bits per heavy atom. The van der Waals surface area contributed by atoms with Crippen molar-refractivity contribution in [2.75, 3.05) is 0 Å². The van der Waals surface area contributed by atoms with Crippen LogP contribution in [0.15, 0.2) is 36.9 Å². The number of nitrogens with zero attached hydrogens (tertiary/aromatic N) is 3. The third kappa shape index (κ3) is 2.71. The minimum Gasteiger partial charge on any atom is -0.297 e. The fourth-order valence-corrected chi connectivity index (χ4v) is 2.21. The Bertz CT molecular complexity index is 788. The maximum atomic E-state index is 12.0. The highest BCUT2D eigenvalue weighted by molar-refractivity contribution is 5.99. The van der Waals surface area contributed by atoms with Crippen LogP contribution in [0.4, 0.5) is 5.69 Å².